The second-order valence-corrected chi connectivity index (χ2v) is 14.1. The lowest BCUT2D eigenvalue weighted by molar-refractivity contribution is -0.132. The maximum absolute atomic E-state index is 15.1. The molecule has 4 heterocycles. The molecule has 0 spiro atoms. The number of methoxy groups -OCH3 is 1. The number of imidazole rings is 1. The molecule has 5 rings (SSSR count). The molecule has 2 aliphatic rings. The molecular formula is C32H36F5N7O4S. The summed E-state index contributed by atoms with van der Waals surface area (Å²) in [6.45, 7) is 4.05. The first kappa shape index (κ1) is 35.7. The number of amides is 1. The molecule has 0 radical (unpaired) electrons. The predicted octanol–water partition coefficient (Wildman–Crippen LogP) is 3.87. The van der Waals surface area contributed by atoms with Gasteiger partial charge in [0.2, 0.25) is 0 Å². The molecule has 1 amide bonds. The number of benzene rings is 1. The number of alkyl halides is 4. The van der Waals surface area contributed by atoms with E-state index in [1.165, 1.54) is 40.8 Å². The number of carbonyl (C=O) groups excluding carboxylic acids is 1. The molecule has 17 heteroatoms. The van der Waals surface area contributed by atoms with Crippen molar-refractivity contribution in [2.75, 3.05) is 69.1 Å². The lowest BCUT2D eigenvalue weighted by Gasteiger charge is -2.39. The average Bonchev–Trinajstić information content (AvgIpc) is 3.33. The third kappa shape index (κ3) is 8.54. The number of hydrogen-bond donors (Lipinski definition) is 3. The van der Waals surface area contributed by atoms with Crippen LogP contribution < -0.4 is 20.7 Å². The van der Waals surface area contributed by atoms with Gasteiger partial charge in [0.25, 0.3) is 5.91 Å². The van der Waals surface area contributed by atoms with Crippen molar-refractivity contribution in [3.05, 3.63) is 54.3 Å². The van der Waals surface area contributed by atoms with Crippen LogP contribution in [-0.2, 0) is 21.1 Å². The second-order valence-electron chi connectivity index (χ2n) is 12.1. The Balaban J connectivity index is 1.48. The van der Waals surface area contributed by atoms with Crippen molar-refractivity contribution in [2.24, 2.45) is 0 Å². The molecule has 11 nitrogen and oxygen atoms in total. The number of piperidine rings is 1. The Labute approximate surface area is 280 Å². The number of halogens is 5. The van der Waals surface area contributed by atoms with E-state index >= 15 is 4.39 Å². The minimum absolute atomic E-state index is 0.0485. The first-order chi connectivity index (χ1) is 23.0. The van der Waals surface area contributed by atoms with Crippen LogP contribution in [0.5, 0.6) is 5.75 Å². The third-order valence-electron chi connectivity index (χ3n) is 8.22. The quantitative estimate of drug-likeness (QED) is 0.164. The van der Waals surface area contributed by atoms with Crippen LogP contribution in [0.25, 0.3) is 5.65 Å². The van der Waals surface area contributed by atoms with Gasteiger partial charge in [0.15, 0.2) is 21.3 Å². The molecule has 2 atom stereocenters. The van der Waals surface area contributed by atoms with Gasteiger partial charge in [-0.1, -0.05) is 12.5 Å². The standard InChI is InChI=1S/C32H36F5N7O4S/c1-19(33)31(45)43-15-21(16-43)39-20-12-27(40-24-9-11-42(2)18-23(24)34)30-41-25(28(44(30)17-20)14-32(35,36)37)6-5-10-38-26-8-7-22(49(4,46)47)13-29(26)48-3/h7-8,12-13,17,21,23-24,38-40H,1,9-11,14-16,18H2,2-4H3/t23-,24+/m0/s1. The number of nitrogens with zero attached hydrogens (tertiary/aromatic N) is 4. The number of aromatic nitrogens is 2. The van der Waals surface area contributed by atoms with E-state index in [2.05, 4.69) is 39.4 Å². The van der Waals surface area contributed by atoms with Crippen LogP contribution in [0.4, 0.5) is 39.0 Å². The molecular weight excluding hydrogens is 673 g/mol. The SMILES string of the molecule is C=C(F)C(=O)N1CC(Nc2cc(N[C@@H]3CCN(C)C[C@@H]3F)c3nc(C#CCNc4ccc(S(C)(=O)=O)cc4OC)c(CC(F)(F)F)n3c2)C1. The Morgan fingerprint density at radius 3 is 2.53 bits per heavy atom. The fourth-order valence-electron chi connectivity index (χ4n) is 5.71. The Morgan fingerprint density at radius 1 is 1.16 bits per heavy atom. The summed E-state index contributed by atoms with van der Waals surface area (Å²) in [6.07, 6.45) is -4.30. The maximum atomic E-state index is 15.1. The summed E-state index contributed by atoms with van der Waals surface area (Å²) in [6, 6.07) is 4.89. The molecule has 1 aromatic carbocycles. The molecule has 0 unspecified atom stereocenters. The van der Waals surface area contributed by atoms with Gasteiger partial charge in [-0.05, 0) is 37.6 Å². The highest BCUT2D eigenvalue weighted by atomic mass is 32.2. The van der Waals surface area contributed by atoms with E-state index in [0.29, 0.717) is 24.3 Å². The Kier molecular flexibility index (Phi) is 10.3. The van der Waals surface area contributed by atoms with E-state index in [9.17, 15) is 30.8 Å². The number of likely N-dealkylation sites (tertiary alicyclic amines) is 2. The lowest BCUT2D eigenvalue weighted by Crippen LogP contribution is -2.57. The highest BCUT2D eigenvalue weighted by Crippen LogP contribution is 2.32. The van der Waals surface area contributed by atoms with Crippen molar-refractivity contribution in [2.45, 2.75) is 42.2 Å². The van der Waals surface area contributed by atoms with E-state index in [4.69, 9.17) is 4.74 Å². The van der Waals surface area contributed by atoms with Gasteiger partial charge in [0, 0.05) is 44.7 Å². The fourth-order valence-corrected chi connectivity index (χ4v) is 6.35. The van der Waals surface area contributed by atoms with E-state index in [1.54, 1.807) is 13.1 Å². The molecule has 2 saturated heterocycles. The van der Waals surface area contributed by atoms with Crippen LogP contribution in [0, 0.1) is 11.8 Å². The van der Waals surface area contributed by atoms with Crippen molar-refractivity contribution in [3.8, 4) is 17.6 Å². The Hall–Kier alpha value is -4.56. The zero-order chi connectivity index (χ0) is 35.7. The Morgan fingerprint density at radius 2 is 1.90 bits per heavy atom. The van der Waals surface area contributed by atoms with Crippen LogP contribution in [0.15, 0.2) is 47.8 Å². The van der Waals surface area contributed by atoms with Crippen LogP contribution in [0.3, 0.4) is 0 Å². The Bertz CT molecular complexity index is 1920. The number of carbonyl (C=O) groups is 1. The number of hydrogen-bond acceptors (Lipinski definition) is 9. The zero-order valence-electron chi connectivity index (χ0n) is 27.0. The minimum Gasteiger partial charge on any atom is -0.495 e. The molecule has 0 bridgehead atoms. The zero-order valence-corrected chi connectivity index (χ0v) is 27.8. The average molecular weight is 710 g/mol. The van der Waals surface area contributed by atoms with Crippen molar-refractivity contribution < 1.29 is 39.9 Å². The van der Waals surface area contributed by atoms with Gasteiger partial charge < -0.3 is 30.5 Å². The van der Waals surface area contributed by atoms with Gasteiger partial charge >= 0.3 is 6.18 Å². The highest BCUT2D eigenvalue weighted by molar-refractivity contribution is 7.90. The molecule has 2 aromatic heterocycles. The van der Waals surface area contributed by atoms with Gasteiger partial charge in [-0.25, -0.2) is 22.2 Å². The number of rotatable bonds is 10. The summed E-state index contributed by atoms with van der Waals surface area (Å²) in [5.74, 6) is 3.82. The topological polar surface area (TPSA) is 120 Å². The molecule has 0 saturated carbocycles. The molecule has 49 heavy (non-hydrogen) atoms. The normalized spacial score (nSPS) is 18.7. The second kappa shape index (κ2) is 14.1. The summed E-state index contributed by atoms with van der Waals surface area (Å²) >= 11 is 0. The predicted molar refractivity (Wildman–Crippen MR) is 175 cm³/mol. The van der Waals surface area contributed by atoms with Crippen LogP contribution in [0.1, 0.15) is 17.8 Å². The summed E-state index contributed by atoms with van der Waals surface area (Å²) in [4.78, 5) is 19.5. The van der Waals surface area contributed by atoms with Gasteiger partial charge in [-0.2, -0.15) is 13.2 Å². The van der Waals surface area contributed by atoms with E-state index in [0.717, 1.165) is 6.26 Å². The first-order valence-electron chi connectivity index (χ1n) is 15.2. The van der Waals surface area contributed by atoms with Crippen molar-refractivity contribution in [1.82, 2.24) is 19.2 Å². The maximum Gasteiger partial charge on any atom is 0.394 e. The number of anilines is 3. The van der Waals surface area contributed by atoms with Gasteiger partial charge in [-0.15, -0.1) is 0 Å². The number of fused-ring (bicyclic) bond motifs is 1. The molecule has 3 aromatic rings. The van der Waals surface area contributed by atoms with Crippen LogP contribution >= 0.6 is 0 Å². The summed E-state index contributed by atoms with van der Waals surface area (Å²) in [7, 11) is -0.318. The van der Waals surface area contributed by atoms with Gasteiger partial charge in [-0.3, -0.25) is 9.20 Å². The third-order valence-corrected chi connectivity index (χ3v) is 9.33. The smallest absolute Gasteiger partial charge is 0.394 e. The van der Waals surface area contributed by atoms with E-state index in [-0.39, 0.29) is 65.6 Å². The highest BCUT2D eigenvalue weighted by Gasteiger charge is 2.35. The lowest BCUT2D eigenvalue weighted by atomic mass is 10.0. The van der Waals surface area contributed by atoms with E-state index in [1.807, 2.05) is 4.90 Å². The van der Waals surface area contributed by atoms with Gasteiger partial charge in [0.05, 0.1) is 59.8 Å². The van der Waals surface area contributed by atoms with Crippen LogP contribution in [0.2, 0.25) is 0 Å². The molecule has 2 aliphatic heterocycles. The summed E-state index contributed by atoms with van der Waals surface area (Å²) in [5.41, 5.74) is 0.822. The van der Waals surface area contributed by atoms with Gasteiger partial charge in [0.1, 0.15) is 17.6 Å². The number of sulfone groups is 1. The molecule has 3 N–H and O–H groups in total. The fraction of sp³-hybridized carbons (Fsp3) is 0.438. The number of nitrogens with one attached hydrogen (secondary N) is 3. The molecule has 0 aliphatic carbocycles. The monoisotopic (exact) mass is 709 g/mol. The minimum atomic E-state index is -4.63. The summed E-state index contributed by atoms with van der Waals surface area (Å²) < 4.78 is 101. The molecule has 264 valence electrons. The van der Waals surface area contributed by atoms with Crippen molar-refractivity contribution >= 4 is 38.5 Å². The van der Waals surface area contributed by atoms with Crippen molar-refractivity contribution in [1.29, 1.82) is 0 Å². The number of ether oxygens (including phenoxy) is 1. The number of pyridine rings is 1. The van der Waals surface area contributed by atoms with Crippen LogP contribution in [-0.4, -0.2) is 111 Å². The van der Waals surface area contributed by atoms with E-state index < -0.39 is 46.4 Å². The summed E-state index contributed by atoms with van der Waals surface area (Å²) in [5, 5.41) is 9.30. The molecule has 2 fully saturated rings. The largest absolute Gasteiger partial charge is 0.495 e. The van der Waals surface area contributed by atoms with Crippen molar-refractivity contribution in [3.63, 3.8) is 0 Å². The first-order valence-corrected chi connectivity index (χ1v) is 17.1.